The molecule has 46 heavy (non-hydrogen) atoms. The van der Waals surface area contributed by atoms with Gasteiger partial charge in [0.1, 0.15) is 0 Å². The molecule has 4 aliphatic carbocycles. The Balaban J connectivity index is 0.000000526. The van der Waals surface area contributed by atoms with E-state index < -0.39 is 9.33 Å². The number of rotatable bonds is 0. The molecular weight excluding hydrogens is 671 g/mol. The van der Waals surface area contributed by atoms with E-state index in [1.165, 1.54) is 103 Å². The first-order valence-corrected chi connectivity index (χ1v) is 20.8. The third-order valence-electron chi connectivity index (χ3n) is 13.8. The van der Waals surface area contributed by atoms with Crippen LogP contribution in [0.15, 0.2) is 0 Å². The van der Waals surface area contributed by atoms with E-state index in [-0.39, 0.29) is 16.5 Å². The first-order chi connectivity index (χ1) is 21.8. The zero-order valence-electron chi connectivity index (χ0n) is 26.9. The summed E-state index contributed by atoms with van der Waals surface area (Å²) >= 11 is 0. The standard InChI is InChI=1S/C32H56N8.ClHO3S.Ni/c1-2-10-18-17(9-1)25-33-26(18)38-28-21-13-5-6-14-22(21)30(35-28)40-32-24-16-8-7-15-23(24)31(36-32)39-29-20-12-4-3-11-19(20)27(34-29)37-25;1-5(2,3)4;/h17-40H,1-16H2;(H,2,3,4);. The van der Waals surface area contributed by atoms with E-state index in [1.807, 2.05) is 0 Å². The van der Waals surface area contributed by atoms with Gasteiger partial charge in [0.15, 0.2) is 0 Å². The Morgan fingerprint density at radius 2 is 0.478 bits per heavy atom. The van der Waals surface area contributed by atoms with Crippen molar-refractivity contribution in [1.82, 2.24) is 42.5 Å². The maximum atomic E-state index is 8.95. The summed E-state index contributed by atoms with van der Waals surface area (Å²) in [6.07, 6.45) is 25.6. The van der Waals surface area contributed by atoms with Gasteiger partial charge in [0, 0.05) is 27.2 Å². The molecule has 14 heteroatoms. The minimum absolute atomic E-state index is 0. The Morgan fingerprint density at radius 1 is 0.370 bits per heavy atom. The monoisotopic (exact) mass is 726 g/mol. The summed E-state index contributed by atoms with van der Waals surface area (Å²) in [5.74, 6) is 5.97. The van der Waals surface area contributed by atoms with Gasteiger partial charge in [-0.05, 0) is 98.7 Å². The van der Waals surface area contributed by atoms with Crippen LogP contribution in [0.3, 0.4) is 0 Å². The summed E-state index contributed by atoms with van der Waals surface area (Å²) < 4.78 is 25.2. The van der Waals surface area contributed by atoms with E-state index in [0.717, 1.165) is 47.3 Å². The third kappa shape index (κ3) is 7.11. The summed E-state index contributed by atoms with van der Waals surface area (Å²) in [7, 11) is -0.137. The molecule has 0 radical (unpaired) electrons. The fourth-order valence-electron chi connectivity index (χ4n) is 12.0. The van der Waals surface area contributed by atoms with Crippen molar-refractivity contribution < 1.29 is 29.5 Å². The Labute approximate surface area is 290 Å². The van der Waals surface area contributed by atoms with Gasteiger partial charge in [-0.25, -0.2) is 0 Å². The fourth-order valence-corrected chi connectivity index (χ4v) is 12.0. The van der Waals surface area contributed by atoms with Gasteiger partial charge in [0.05, 0.1) is 49.3 Å². The van der Waals surface area contributed by atoms with Crippen LogP contribution in [0, 0.1) is 47.3 Å². The number of nitrogens with one attached hydrogen (secondary N) is 8. The van der Waals surface area contributed by atoms with Crippen molar-refractivity contribution in [1.29, 1.82) is 0 Å². The molecule has 8 unspecified atom stereocenters. The molecule has 0 aromatic carbocycles. The second-order valence-electron chi connectivity index (χ2n) is 16.0. The summed E-state index contributed by atoms with van der Waals surface area (Å²) in [4.78, 5) is 0. The SMILES string of the molecule is C1CCC2C3NC(NC4NC(NC5NC(NC6NC(N3)C3CCCCC63)C3CCCCC53)C3CCCCC43)C2C1.O=S(=O)(O)Cl.[Ni]. The van der Waals surface area contributed by atoms with Gasteiger partial charge in [-0.3, -0.25) is 47.1 Å². The quantitative estimate of drug-likeness (QED) is 0.103. The van der Waals surface area contributed by atoms with Crippen LogP contribution in [0.1, 0.15) is 103 Å². The number of halogens is 1. The summed E-state index contributed by atoms with van der Waals surface area (Å²) in [6.45, 7) is 0. The summed E-state index contributed by atoms with van der Waals surface area (Å²) in [6, 6.07) is 0. The van der Waals surface area contributed by atoms with Crippen LogP contribution in [-0.4, -0.2) is 62.3 Å². The smallest absolute Gasteiger partial charge is 0.286 e. The van der Waals surface area contributed by atoms with Crippen molar-refractivity contribution >= 4 is 20.0 Å². The normalized spacial score (nSPS) is 51.3. The van der Waals surface area contributed by atoms with Crippen molar-refractivity contribution in [3.63, 3.8) is 0 Å². The molecule has 9 rings (SSSR count). The largest absolute Gasteiger partial charge is 0.353 e. The average Bonchev–Trinajstić information content (AvgIpc) is 3.76. The molecular formula is C32H57ClN8NiO3S. The second kappa shape index (κ2) is 14.5. The predicted octanol–water partition coefficient (Wildman–Crippen LogP) is 2.63. The summed E-state index contributed by atoms with van der Waals surface area (Å²) in [5.41, 5.74) is 0. The fraction of sp³-hybridized carbons (Fsp3) is 1.00. The molecule has 8 bridgehead atoms. The molecule has 9 N–H and O–H groups in total. The maximum Gasteiger partial charge on any atom is 0.353 e. The molecule has 5 heterocycles. The zero-order chi connectivity index (χ0) is 30.7. The Kier molecular flexibility index (Phi) is 11.0. The van der Waals surface area contributed by atoms with Crippen molar-refractivity contribution in [2.24, 2.45) is 47.3 Å². The molecule has 5 saturated heterocycles. The van der Waals surface area contributed by atoms with E-state index >= 15 is 0 Å². The molecule has 9 fully saturated rings. The van der Waals surface area contributed by atoms with Gasteiger partial charge in [-0.15, -0.1) is 0 Å². The third-order valence-corrected chi connectivity index (χ3v) is 13.8. The van der Waals surface area contributed by atoms with Crippen molar-refractivity contribution in [2.45, 2.75) is 152 Å². The van der Waals surface area contributed by atoms with Gasteiger partial charge < -0.3 is 0 Å². The minimum Gasteiger partial charge on any atom is -0.286 e. The van der Waals surface area contributed by atoms with E-state index in [4.69, 9.17) is 13.0 Å². The maximum absolute atomic E-state index is 8.95. The van der Waals surface area contributed by atoms with Gasteiger partial charge in [0.2, 0.25) is 0 Å². The van der Waals surface area contributed by atoms with E-state index in [9.17, 15) is 0 Å². The first-order valence-electron chi connectivity index (χ1n) is 18.6. The van der Waals surface area contributed by atoms with Crippen LogP contribution in [0.4, 0.5) is 0 Å². The van der Waals surface area contributed by atoms with Crippen molar-refractivity contribution in [3.8, 4) is 0 Å². The first kappa shape index (κ1) is 34.8. The molecule has 11 nitrogen and oxygen atoms in total. The molecule has 4 saturated carbocycles. The van der Waals surface area contributed by atoms with Gasteiger partial charge in [-0.1, -0.05) is 51.4 Å². The topological polar surface area (TPSA) is 151 Å². The number of hydrogen-bond donors (Lipinski definition) is 9. The minimum atomic E-state index is -4.19. The second-order valence-corrected chi connectivity index (χ2v) is 18.0. The van der Waals surface area contributed by atoms with Crippen molar-refractivity contribution in [3.05, 3.63) is 0 Å². The molecule has 9 aliphatic rings. The van der Waals surface area contributed by atoms with Gasteiger partial charge in [0.25, 0.3) is 0 Å². The van der Waals surface area contributed by atoms with Crippen LogP contribution < -0.4 is 42.5 Å². The van der Waals surface area contributed by atoms with Crippen LogP contribution in [0.2, 0.25) is 0 Å². The number of fused-ring (bicyclic) bond motifs is 20. The van der Waals surface area contributed by atoms with Gasteiger partial charge in [-0.2, -0.15) is 8.42 Å². The molecule has 0 aromatic heterocycles. The predicted molar refractivity (Wildman–Crippen MR) is 175 cm³/mol. The van der Waals surface area contributed by atoms with Crippen LogP contribution in [0.5, 0.6) is 0 Å². The summed E-state index contributed by atoms with van der Waals surface area (Å²) in [5, 5.41) is 33.8. The molecule has 0 amide bonds. The van der Waals surface area contributed by atoms with Crippen LogP contribution in [0.25, 0.3) is 0 Å². The van der Waals surface area contributed by atoms with Crippen LogP contribution >= 0.6 is 10.7 Å². The van der Waals surface area contributed by atoms with E-state index in [0.29, 0.717) is 49.3 Å². The molecule has 266 valence electrons. The Morgan fingerprint density at radius 3 is 0.587 bits per heavy atom. The molecule has 8 atom stereocenters. The van der Waals surface area contributed by atoms with Crippen molar-refractivity contribution in [2.75, 3.05) is 0 Å². The average molecular weight is 728 g/mol. The molecule has 0 spiro atoms. The zero-order valence-corrected chi connectivity index (χ0v) is 29.5. The Hall–Kier alpha value is 0.374. The van der Waals surface area contributed by atoms with E-state index in [2.05, 4.69) is 53.2 Å². The molecule has 0 aromatic rings. The van der Waals surface area contributed by atoms with Gasteiger partial charge >= 0.3 is 9.33 Å². The van der Waals surface area contributed by atoms with E-state index in [1.54, 1.807) is 0 Å². The van der Waals surface area contributed by atoms with Crippen LogP contribution in [-0.2, 0) is 25.8 Å². The molecule has 5 aliphatic heterocycles. The number of hydrogen-bond acceptors (Lipinski definition) is 10. The Bertz CT molecular complexity index is 944.